The summed E-state index contributed by atoms with van der Waals surface area (Å²) in [6.07, 6.45) is 3.61. The Kier molecular flexibility index (Phi) is 6.45. The van der Waals surface area contributed by atoms with Crippen molar-refractivity contribution in [1.82, 2.24) is 21.1 Å². The van der Waals surface area contributed by atoms with E-state index in [2.05, 4.69) is 47.0 Å². The summed E-state index contributed by atoms with van der Waals surface area (Å²) in [7, 11) is 0. The molecule has 138 valence electrons. The second kappa shape index (κ2) is 8.79. The fourth-order valence-corrected chi connectivity index (χ4v) is 4.07. The second-order valence-electron chi connectivity index (χ2n) is 7.54. The third kappa shape index (κ3) is 4.60. The lowest BCUT2D eigenvalue weighted by molar-refractivity contribution is -0.123. The molecule has 3 unspecified atom stereocenters. The molecule has 2 saturated heterocycles. The lowest BCUT2D eigenvalue weighted by atomic mass is 9.90. The molecule has 2 heterocycles. The van der Waals surface area contributed by atoms with E-state index in [-0.39, 0.29) is 23.9 Å². The highest BCUT2D eigenvalue weighted by molar-refractivity contribution is 5.82. The maximum absolute atomic E-state index is 12.6. The summed E-state index contributed by atoms with van der Waals surface area (Å²) in [5.74, 6) is 0.954. The highest BCUT2D eigenvalue weighted by Crippen LogP contribution is 2.28. The normalized spacial score (nSPS) is 28.2. The molecule has 2 aliphatic heterocycles. The minimum absolute atomic E-state index is 0.120. The van der Waals surface area contributed by atoms with Crippen molar-refractivity contribution in [1.29, 1.82) is 0 Å². The molecule has 0 bridgehead atoms. The van der Waals surface area contributed by atoms with Crippen molar-refractivity contribution in [3.8, 4) is 0 Å². The molecule has 0 spiro atoms. The smallest absolute Gasteiger partial charge is 0.238 e. The molecule has 25 heavy (non-hydrogen) atoms. The maximum atomic E-state index is 12.6. The van der Waals surface area contributed by atoms with Crippen molar-refractivity contribution >= 4 is 5.91 Å². The van der Waals surface area contributed by atoms with Gasteiger partial charge in [-0.3, -0.25) is 4.79 Å². The van der Waals surface area contributed by atoms with E-state index >= 15 is 0 Å². The molecule has 1 aromatic rings. The van der Waals surface area contributed by atoms with Gasteiger partial charge in [0.2, 0.25) is 5.91 Å². The summed E-state index contributed by atoms with van der Waals surface area (Å²) in [4.78, 5) is 15.2. The summed E-state index contributed by atoms with van der Waals surface area (Å²) in [6.45, 7) is 8.72. The van der Waals surface area contributed by atoms with E-state index in [1.165, 1.54) is 44.5 Å². The molecule has 5 nitrogen and oxygen atoms in total. The topological polar surface area (TPSA) is 56.4 Å². The molecular weight excluding hydrogens is 312 g/mol. The largest absolute Gasteiger partial charge is 0.354 e. The second-order valence-corrected chi connectivity index (χ2v) is 7.54. The molecule has 5 heteroatoms. The van der Waals surface area contributed by atoms with Gasteiger partial charge in [0, 0.05) is 12.5 Å². The SMILES string of the molecule is CCCN1CCC(CNC(=O)C2NNC(c3ccccc3)C2C)CC1. The van der Waals surface area contributed by atoms with Gasteiger partial charge in [0.05, 0.1) is 6.04 Å². The van der Waals surface area contributed by atoms with Crippen LogP contribution in [0.15, 0.2) is 30.3 Å². The lowest BCUT2D eigenvalue weighted by Gasteiger charge is -2.32. The van der Waals surface area contributed by atoms with Crippen LogP contribution in [-0.4, -0.2) is 43.0 Å². The van der Waals surface area contributed by atoms with E-state index in [9.17, 15) is 4.79 Å². The number of piperidine rings is 1. The summed E-state index contributed by atoms with van der Waals surface area (Å²) in [5.41, 5.74) is 7.71. The van der Waals surface area contributed by atoms with E-state index in [4.69, 9.17) is 0 Å². The molecule has 2 fully saturated rings. The fourth-order valence-electron chi connectivity index (χ4n) is 4.07. The number of hydrazine groups is 1. The Morgan fingerprint density at radius 3 is 2.60 bits per heavy atom. The number of hydrogen-bond acceptors (Lipinski definition) is 4. The number of amides is 1. The molecule has 3 rings (SSSR count). The van der Waals surface area contributed by atoms with Crippen LogP contribution in [-0.2, 0) is 4.79 Å². The van der Waals surface area contributed by atoms with Gasteiger partial charge in [-0.15, -0.1) is 0 Å². The number of benzene rings is 1. The van der Waals surface area contributed by atoms with Gasteiger partial charge < -0.3 is 10.2 Å². The van der Waals surface area contributed by atoms with Gasteiger partial charge in [-0.25, -0.2) is 10.9 Å². The summed E-state index contributed by atoms with van der Waals surface area (Å²) >= 11 is 0. The Labute approximate surface area is 151 Å². The molecule has 3 atom stereocenters. The van der Waals surface area contributed by atoms with Crippen molar-refractivity contribution < 1.29 is 4.79 Å². The molecule has 2 aliphatic rings. The van der Waals surface area contributed by atoms with Crippen LogP contribution in [0.3, 0.4) is 0 Å². The highest BCUT2D eigenvalue weighted by atomic mass is 16.2. The molecule has 1 aromatic carbocycles. The van der Waals surface area contributed by atoms with Gasteiger partial charge in [0.1, 0.15) is 6.04 Å². The molecule has 0 saturated carbocycles. The van der Waals surface area contributed by atoms with Gasteiger partial charge in [0.25, 0.3) is 0 Å². The maximum Gasteiger partial charge on any atom is 0.238 e. The average molecular weight is 345 g/mol. The van der Waals surface area contributed by atoms with Crippen LogP contribution in [0.1, 0.15) is 44.7 Å². The van der Waals surface area contributed by atoms with Crippen molar-refractivity contribution in [2.75, 3.05) is 26.2 Å². The van der Waals surface area contributed by atoms with E-state index in [1.807, 2.05) is 18.2 Å². The van der Waals surface area contributed by atoms with Crippen LogP contribution in [0.2, 0.25) is 0 Å². The Balaban J connectivity index is 1.45. The van der Waals surface area contributed by atoms with Gasteiger partial charge in [0.15, 0.2) is 0 Å². The average Bonchev–Trinajstić information content (AvgIpc) is 3.03. The number of likely N-dealkylation sites (tertiary alicyclic amines) is 1. The van der Waals surface area contributed by atoms with Crippen LogP contribution < -0.4 is 16.2 Å². The Morgan fingerprint density at radius 1 is 1.20 bits per heavy atom. The van der Waals surface area contributed by atoms with E-state index in [0.29, 0.717) is 5.92 Å². The lowest BCUT2D eigenvalue weighted by Crippen LogP contribution is -2.47. The van der Waals surface area contributed by atoms with E-state index in [1.54, 1.807) is 0 Å². The van der Waals surface area contributed by atoms with E-state index in [0.717, 1.165) is 6.54 Å². The van der Waals surface area contributed by atoms with Crippen molar-refractivity contribution in [2.24, 2.45) is 11.8 Å². The first-order valence-electron chi connectivity index (χ1n) is 9.75. The molecule has 0 aromatic heterocycles. The molecular formula is C20H32N4O. The Hall–Kier alpha value is -1.43. The first-order valence-corrected chi connectivity index (χ1v) is 9.75. The number of carbonyl (C=O) groups is 1. The van der Waals surface area contributed by atoms with Crippen molar-refractivity contribution in [2.45, 2.75) is 45.2 Å². The summed E-state index contributed by atoms with van der Waals surface area (Å²) in [6, 6.07) is 10.3. The predicted molar refractivity (Wildman–Crippen MR) is 101 cm³/mol. The zero-order valence-electron chi connectivity index (χ0n) is 15.5. The number of nitrogens with one attached hydrogen (secondary N) is 3. The quantitative estimate of drug-likeness (QED) is 0.740. The molecule has 1 amide bonds. The van der Waals surface area contributed by atoms with Gasteiger partial charge in [-0.2, -0.15) is 0 Å². The first kappa shape index (κ1) is 18.4. The number of carbonyl (C=O) groups excluding carboxylic acids is 1. The van der Waals surface area contributed by atoms with E-state index < -0.39 is 0 Å². The van der Waals surface area contributed by atoms with Gasteiger partial charge in [-0.1, -0.05) is 44.2 Å². The summed E-state index contributed by atoms with van der Waals surface area (Å²) in [5, 5.41) is 3.18. The standard InChI is InChI=1S/C20H32N4O/c1-3-11-24-12-9-16(10-13-24)14-21-20(25)19-15(2)18(22-23-19)17-7-5-4-6-8-17/h4-8,15-16,18-19,22-23H,3,9-14H2,1-2H3,(H,21,25). The fraction of sp³-hybridized carbons (Fsp3) is 0.650. The van der Waals surface area contributed by atoms with Gasteiger partial charge in [-0.05, 0) is 50.4 Å². The predicted octanol–water partition coefficient (Wildman–Crippen LogP) is 2.08. The van der Waals surface area contributed by atoms with Crippen LogP contribution in [0.4, 0.5) is 0 Å². The molecule has 0 radical (unpaired) electrons. The first-order chi connectivity index (χ1) is 12.2. The van der Waals surface area contributed by atoms with Crippen LogP contribution in [0.5, 0.6) is 0 Å². The van der Waals surface area contributed by atoms with Crippen molar-refractivity contribution in [3.63, 3.8) is 0 Å². The van der Waals surface area contributed by atoms with Crippen molar-refractivity contribution in [3.05, 3.63) is 35.9 Å². The Morgan fingerprint density at radius 2 is 1.92 bits per heavy atom. The zero-order valence-corrected chi connectivity index (χ0v) is 15.5. The zero-order chi connectivity index (χ0) is 17.6. The van der Waals surface area contributed by atoms with Crippen LogP contribution in [0, 0.1) is 11.8 Å². The summed E-state index contributed by atoms with van der Waals surface area (Å²) < 4.78 is 0. The van der Waals surface area contributed by atoms with Crippen LogP contribution >= 0.6 is 0 Å². The number of hydrogen-bond donors (Lipinski definition) is 3. The third-order valence-corrected chi connectivity index (χ3v) is 5.70. The highest BCUT2D eigenvalue weighted by Gasteiger charge is 2.37. The number of nitrogens with zero attached hydrogens (tertiary/aromatic N) is 1. The number of rotatable bonds is 6. The minimum Gasteiger partial charge on any atom is -0.354 e. The van der Waals surface area contributed by atoms with Gasteiger partial charge >= 0.3 is 0 Å². The Bertz CT molecular complexity index is 542. The third-order valence-electron chi connectivity index (χ3n) is 5.70. The monoisotopic (exact) mass is 344 g/mol. The molecule has 0 aliphatic carbocycles. The van der Waals surface area contributed by atoms with Crippen LogP contribution in [0.25, 0.3) is 0 Å². The molecule has 3 N–H and O–H groups in total. The minimum atomic E-state index is -0.176.